The van der Waals surface area contributed by atoms with E-state index >= 15 is 0 Å². The van der Waals surface area contributed by atoms with Crippen molar-refractivity contribution in [2.45, 2.75) is 258 Å². The molecule has 0 fully saturated rings. The van der Waals surface area contributed by atoms with Crippen LogP contribution in [0, 0.1) is 0 Å². The van der Waals surface area contributed by atoms with Gasteiger partial charge in [0.2, 0.25) is 0 Å². The van der Waals surface area contributed by atoms with E-state index in [0.29, 0.717) is 12.8 Å². The van der Waals surface area contributed by atoms with Gasteiger partial charge in [0.15, 0.2) is 0 Å². The normalized spacial score (nSPS) is 12.5. The predicted octanol–water partition coefficient (Wildman–Crippen LogP) is 16.1. The number of aliphatic carboxylic acids is 1. The molecule has 0 aromatic heterocycles. The van der Waals surface area contributed by atoms with Gasteiger partial charge in [0.25, 0.3) is 0 Å². The van der Waals surface area contributed by atoms with Crippen molar-refractivity contribution in [2.75, 3.05) is 0 Å². The van der Waals surface area contributed by atoms with Gasteiger partial charge in [-0.3, -0.25) is 9.59 Å². The molecule has 4 nitrogen and oxygen atoms in total. The van der Waals surface area contributed by atoms with Gasteiger partial charge in [0.1, 0.15) is 6.10 Å². The van der Waals surface area contributed by atoms with Gasteiger partial charge in [0, 0.05) is 12.8 Å². The second-order valence-corrected chi connectivity index (χ2v) is 15.6. The maximum Gasteiger partial charge on any atom is 0.306 e. The molecule has 0 amide bonds. The average molecular weight is 729 g/mol. The molecule has 0 radical (unpaired) electrons. The molecule has 1 N–H and O–H groups in total. The highest BCUT2D eigenvalue weighted by molar-refractivity contribution is 5.69. The summed E-state index contributed by atoms with van der Waals surface area (Å²) in [6.07, 6.45) is 58.3. The lowest BCUT2D eigenvalue weighted by molar-refractivity contribution is -0.150. The average Bonchev–Trinajstić information content (AvgIpc) is 3.13. The molecule has 304 valence electrons. The Morgan fingerprint density at radius 1 is 0.423 bits per heavy atom. The fourth-order valence-corrected chi connectivity index (χ4v) is 6.97. The third-order valence-electron chi connectivity index (χ3n) is 10.3. The van der Waals surface area contributed by atoms with Gasteiger partial charge in [-0.2, -0.15) is 0 Å². The lowest BCUT2D eigenvalue weighted by Gasteiger charge is -2.17. The standard InChI is InChI=1S/C48H88O4/c1-3-5-6-7-8-9-10-11-12-13-14-15-16-20-23-26-29-32-35-38-41-45-48(51)52-46(42-4-2)43-39-36-33-30-27-24-21-18-17-19-22-25-28-31-34-37-40-44-47(49)50/h8-9,11-12,20,23,46H,3-7,10,13-19,21-22,24-45H2,1-2H3,(H,49,50)/b9-8-,12-11-,23-20-. The highest BCUT2D eigenvalue weighted by Crippen LogP contribution is 2.18. The molecule has 0 aliphatic carbocycles. The van der Waals surface area contributed by atoms with Crippen molar-refractivity contribution in [2.24, 2.45) is 0 Å². The first-order valence-electron chi connectivity index (χ1n) is 23.0. The van der Waals surface area contributed by atoms with Crippen LogP contribution in [0.2, 0.25) is 0 Å². The van der Waals surface area contributed by atoms with E-state index in [1.807, 2.05) is 0 Å². The van der Waals surface area contributed by atoms with E-state index in [4.69, 9.17) is 9.84 Å². The van der Waals surface area contributed by atoms with Crippen molar-refractivity contribution in [3.63, 3.8) is 0 Å². The summed E-state index contributed by atoms with van der Waals surface area (Å²) in [6, 6.07) is 0. The van der Waals surface area contributed by atoms with Crippen LogP contribution >= 0.6 is 0 Å². The molecule has 0 saturated heterocycles. The molecule has 0 rings (SSSR count). The Balaban J connectivity index is 3.53. The van der Waals surface area contributed by atoms with Crippen LogP contribution in [0.5, 0.6) is 0 Å². The zero-order chi connectivity index (χ0) is 37.8. The van der Waals surface area contributed by atoms with E-state index in [1.165, 1.54) is 173 Å². The van der Waals surface area contributed by atoms with E-state index in [2.05, 4.69) is 50.3 Å². The first kappa shape index (κ1) is 50.2. The topological polar surface area (TPSA) is 63.6 Å². The molecule has 1 atom stereocenters. The second kappa shape index (κ2) is 43.6. The number of esters is 1. The van der Waals surface area contributed by atoms with Gasteiger partial charge in [-0.25, -0.2) is 0 Å². The molecule has 0 bridgehead atoms. The highest BCUT2D eigenvalue weighted by atomic mass is 16.5. The van der Waals surface area contributed by atoms with E-state index in [9.17, 15) is 9.59 Å². The minimum Gasteiger partial charge on any atom is -0.481 e. The summed E-state index contributed by atoms with van der Waals surface area (Å²) >= 11 is 0. The number of ether oxygens (including phenoxy) is 1. The van der Waals surface area contributed by atoms with E-state index in [0.717, 1.165) is 51.4 Å². The molecule has 0 heterocycles. The maximum absolute atomic E-state index is 12.5. The fraction of sp³-hybridized carbons (Fsp3) is 0.833. The van der Waals surface area contributed by atoms with Crippen molar-refractivity contribution in [3.8, 4) is 0 Å². The molecule has 0 aromatic rings. The van der Waals surface area contributed by atoms with Crippen LogP contribution in [0.1, 0.15) is 251 Å². The molecule has 0 spiro atoms. The third-order valence-corrected chi connectivity index (χ3v) is 10.3. The summed E-state index contributed by atoms with van der Waals surface area (Å²) in [5, 5.41) is 8.67. The largest absolute Gasteiger partial charge is 0.481 e. The third kappa shape index (κ3) is 42.6. The summed E-state index contributed by atoms with van der Waals surface area (Å²) in [7, 11) is 0. The monoisotopic (exact) mass is 729 g/mol. The molecule has 0 aliphatic heterocycles. The Bertz CT molecular complexity index is 828. The Morgan fingerprint density at radius 3 is 1.23 bits per heavy atom. The number of carbonyl (C=O) groups is 2. The molecule has 0 aromatic carbocycles. The van der Waals surface area contributed by atoms with E-state index in [-0.39, 0.29) is 12.1 Å². The molecular weight excluding hydrogens is 641 g/mol. The van der Waals surface area contributed by atoms with Crippen LogP contribution in [0.3, 0.4) is 0 Å². The molecule has 52 heavy (non-hydrogen) atoms. The van der Waals surface area contributed by atoms with Crippen molar-refractivity contribution in [1.82, 2.24) is 0 Å². The maximum atomic E-state index is 12.5. The van der Waals surface area contributed by atoms with Crippen molar-refractivity contribution >= 4 is 11.9 Å². The van der Waals surface area contributed by atoms with Crippen molar-refractivity contribution in [3.05, 3.63) is 36.5 Å². The van der Waals surface area contributed by atoms with Gasteiger partial charge in [-0.15, -0.1) is 0 Å². The highest BCUT2D eigenvalue weighted by Gasteiger charge is 2.13. The quantitative estimate of drug-likeness (QED) is 0.0386. The molecule has 4 heteroatoms. The zero-order valence-corrected chi connectivity index (χ0v) is 34.9. The Morgan fingerprint density at radius 2 is 0.788 bits per heavy atom. The zero-order valence-electron chi connectivity index (χ0n) is 34.9. The number of unbranched alkanes of at least 4 members (excludes halogenated alkanes) is 27. The number of hydrogen-bond acceptors (Lipinski definition) is 3. The van der Waals surface area contributed by atoms with Crippen LogP contribution in [-0.4, -0.2) is 23.1 Å². The number of allylic oxidation sites excluding steroid dienone is 6. The lowest BCUT2D eigenvalue weighted by atomic mass is 10.0. The van der Waals surface area contributed by atoms with Gasteiger partial charge >= 0.3 is 11.9 Å². The van der Waals surface area contributed by atoms with Gasteiger partial charge < -0.3 is 9.84 Å². The van der Waals surface area contributed by atoms with Gasteiger partial charge in [-0.05, 0) is 89.9 Å². The van der Waals surface area contributed by atoms with Crippen LogP contribution < -0.4 is 0 Å². The van der Waals surface area contributed by atoms with Crippen molar-refractivity contribution in [1.29, 1.82) is 0 Å². The first-order valence-corrected chi connectivity index (χ1v) is 23.0. The minimum absolute atomic E-state index is 0.0245. The summed E-state index contributed by atoms with van der Waals surface area (Å²) in [5.74, 6) is -0.637. The Kier molecular flexibility index (Phi) is 42.0. The van der Waals surface area contributed by atoms with E-state index < -0.39 is 5.97 Å². The lowest BCUT2D eigenvalue weighted by Crippen LogP contribution is -2.18. The van der Waals surface area contributed by atoms with Crippen molar-refractivity contribution < 1.29 is 19.4 Å². The number of rotatable bonds is 42. The number of carbonyl (C=O) groups excluding carboxylic acids is 1. The summed E-state index contributed by atoms with van der Waals surface area (Å²) < 4.78 is 5.90. The number of carboxylic acids is 1. The molecular formula is C48H88O4. The van der Waals surface area contributed by atoms with Gasteiger partial charge in [-0.1, -0.05) is 185 Å². The van der Waals surface area contributed by atoms with Crippen LogP contribution in [0.4, 0.5) is 0 Å². The molecule has 0 aliphatic rings. The molecule has 1 unspecified atom stereocenters. The number of hydrogen-bond donors (Lipinski definition) is 1. The first-order chi connectivity index (χ1) is 25.6. The predicted molar refractivity (Wildman–Crippen MR) is 227 cm³/mol. The van der Waals surface area contributed by atoms with Crippen LogP contribution in [0.25, 0.3) is 0 Å². The molecule has 0 saturated carbocycles. The van der Waals surface area contributed by atoms with Crippen LogP contribution in [0.15, 0.2) is 36.5 Å². The SMILES string of the molecule is CCCCC/C=C\C/C=C\CCCC/C=C\CCCCCCCC(=O)OC(CCC)CCCCCCCCCCCCCCCCCCCC(=O)O. The van der Waals surface area contributed by atoms with E-state index in [1.54, 1.807) is 0 Å². The Labute approximate surface area is 324 Å². The minimum atomic E-state index is -0.662. The smallest absolute Gasteiger partial charge is 0.306 e. The summed E-state index contributed by atoms with van der Waals surface area (Å²) in [6.45, 7) is 4.45. The second-order valence-electron chi connectivity index (χ2n) is 15.6. The summed E-state index contributed by atoms with van der Waals surface area (Å²) in [5.41, 5.74) is 0. The fourth-order valence-electron chi connectivity index (χ4n) is 6.97. The summed E-state index contributed by atoms with van der Waals surface area (Å²) in [4.78, 5) is 23.0. The van der Waals surface area contributed by atoms with Crippen LogP contribution in [-0.2, 0) is 14.3 Å². The Hall–Kier alpha value is -1.84. The number of carboxylic acid groups (broad SMARTS) is 1. The van der Waals surface area contributed by atoms with Gasteiger partial charge in [0.05, 0.1) is 0 Å².